The summed E-state index contributed by atoms with van der Waals surface area (Å²) in [4.78, 5) is 12.8. The summed E-state index contributed by atoms with van der Waals surface area (Å²) >= 11 is 3.35. The van der Waals surface area contributed by atoms with Crippen molar-refractivity contribution in [3.8, 4) is 0 Å². The maximum Gasteiger partial charge on any atom is 0.249 e. The molecular weight excluding hydrogens is 413 g/mol. The first-order chi connectivity index (χ1) is 12.9. The Hall–Kier alpha value is -2.48. The molecule has 0 spiro atoms. The first-order valence-corrected chi connectivity index (χ1v) is 9.47. The monoisotopic (exact) mass is 433 g/mol. The highest BCUT2D eigenvalue weighted by Crippen LogP contribution is 2.23. The highest BCUT2D eigenvalue weighted by molar-refractivity contribution is 9.10. The Labute approximate surface area is 165 Å². The van der Waals surface area contributed by atoms with Crippen molar-refractivity contribution >= 4 is 27.5 Å². The minimum atomic E-state index is -0.415. The highest BCUT2D eigenvalue weighted by atomic mass is 79.9. The van der Waals surface area contributed by atoms with Crippen LogP contribution in [0.5, 0.6) is 0 Å². The number of hydrogen-bond acceptors (Lipinski definition) is 3. The smallest absolute Gasteiger partial charge is 0.249 e. The van der Waals surface area contributed by atoms with Gasteiger partial charge >= 0.3 is 0 Å². The summed E-state index contributed by atoms with van der Waals surface area (Å²) in [6.07, 6.45) is 4.04. The zero-order valence-electron chi connectivity index (χ0n) is 15.4. The van der Waals surface area contributed by atoms with Crippen LogP contribution in [0.2, 0.25) is 0 Å². The lowest BCUT2D eigenvalue weighted by atomic mass is 10.2. The molecule has 0 aliphatic rings. The number of rotatable bonds is 6. The third kappa shape index (κ3) is 4.27. The summed E-state index contributed by atoms with van der Waals surface area (Å²) in [5.74, 6) is -0.427. The van der Waals surface area contributed by atoms with E-state index in [1.807, 2.05) is 26.8 Å². The van der Waals surface area contributed by atoms with E-state index in [4.69, 9.17) is 0 Å². The molecule has 142 valence electrons. The first kappa shape index (κ1) is 19.3. The Balaban J connectivity index is 1.80. The van der Waals surface area contributed by atoms with Crippen LogP contribution in [0.4, 0.5) is 10.1 Å². The van der Waals surface area contributed by atoms with Gasteiger partial charge in [-0.25, -0.2) is 4.39 Å². The van der Waals surface area contributed by atoms with Gasteiger partial charge in [0, 0.05) is 6.20 Å². The lowest BCUT2D eigenvalue weighted by Crippen LogP contribution is -2.26. The maximum absolute atomic E-state index is 13.4. The number of carbonyl (C=O) groups is 1. The first-order valence-electron chi connectivity index (χ1n) is 8.68. The van der Waals surface area contributed by atoms with Gasteiger partial charge in [0.1, 0.15) is 11.9 Å². The third-order valence-corrected chi connectivity index (χ3v) is 4.84. The van der Waals surface area contributed by atoms with Gasteiger partial charge in [0.25, 0.3) is 0 Å². The molecule has 3 rings (SSSR count). The van der Waals surface area contributed by atoms with Crippen LogP contribution >= 0.6 is 15.9 Å². The summed E-state index contributed by atoms with van der Waals surface area (Å²) in [7, 11) is 0. The molecule has 0 fully saturated rings. The normalized spacial score (nSPS) is 12.2. The van der Waals surface area contributed by atoms with Crippen LogP contribution in [0.15, 0.2) is 41.1 Å². The minimum absolute atomic E-state index is 0.149. The Morgan fingerprint density at radius 3 is 2.78 bits per heavy atom. The summed E-state index contributed by atoms with van der Waals surface area (Å²) in [6, 6.07) is 6.00. The van der Waals surface area contributed by atoms with Crippen LogP contribution in [0.25, 0.3) is 0 Å². The molecular formula is C19H21BrFN5O. The zero-order valence-corrected chi connectivity index (χ0v) is 17.0. The highest BCUT2D eigenvalue weighted by Gasteiger charge is 2.22. The average Bonchev–Trinajstić information content (AvgIpc) is 3.14. The number of halogens is 2. The molecule has 0 aliphatic heterocycles. The predicted octanol–water partition coefficient (Wildman–Crippen LogP) is 4.24. The molecule has 0 radical (unpaired) electrons. The SMILES string of the molecule is CCC(C(=O)Nc1c(C)nn(Cc2cccc(F)c2)c1C)n1cc(Br)cn1. The molecule has 1 unspecified atom stereocenters. The number of amides is 1. The van der Waals surface area contributed by atoms with Crippen molar-refractivity contribution in [1.82, 2.24) is 19.6 Å². The minimum Gasteiger partial charge on any atom is -0.321 e. The summed E-state index contributed by atoms with van der Waals surface area (Å²) < 4.78 is 17.7. The number of carbonyl (C=O) groups excluding carboxylic acids is 1. The number of hydrogen-bond donors (Lipinski definition) is 1. The van der Waals surface area contributed by atoms with Crippen molar-refractivity contribution in [1.29, 1.82) is 0 Å². The number of aryl methyl sites for hydroxylation is 1. The molecule has 3 aromatic rings. The van der Waals surface area contributed by atoms with Crippen molar-refractivity contribution in [3.05, 3.63) is 63.9 Å². The van der Waals surface area contributed by atoms with Gasteiger partial charge in [-0.05, 0) is 53.9 Å². The standard InChI is InChI=1S/C19H21BrFN5O/c1-4-17(26-11-15(20)9-22-26)19(27)23-18-12(2)24-25(13(18)3)10-14-6-5-7-16(21)8-14/h5-9,11,17H,4,10H2,1-3H3,(H,23,27). The second kappa shape index (κ2) is 8.04. The number of anilines is 1. The number of aromatic nitrogens is 4. The zero-order chi connectivity index (χ0) is 19.6. The number of nitrogens with one attached hydrogen (secondary N) is 1. The van der Waals surface area contributed by atoms with Gasteiger partial charge in [-0.1, -0.05) is 19.1 Å². The molecule has 27 heavy (non-hydrogen) atoms. The Kier molecular flexibility index (Phi) is 5.74. The topological polar surface area (TPSA) is 64.7 Å². The van der Waals surface area contributed by atoms with E-state index in [2.05, 4.69) is 31.4 Å². The molecule has 0 saturated heterocycles. The molecule has 1 N–H and O–H groups in total. The van der Waals surface area contributed by atoms with Crippen LogP contribution in [-0.4, -0.2) is 25.5 Å². The molecule has 2 heterocycles. The van der Waals surface area contributed by atoms with E-state index in [0.717, 1.165) is 15.7 Å². The Bertz CT molecular complexity index is 965. The van der Waals surface area contributed by atoms with Gasteiger partial charge in [-0.3, -0.25) is 14.2 Å². The van der Waals surface area contributed by atoms with Crippen molar-refractivity contribution in [2.24, 2.45) is 0 Å². The quantitative estimate of drug-likeness (QED) is 0.632. The van der Waals surface area contributed by atoms with Crippen molar-refractivity contribution < 1.29 is 9.18 Å². The Morgan fingerprint density at radius 2 is 2.15 bits per heavy atom. The van der Waals surface area contributed by atoms with Gasteiger partial charge in [0.2, 0.25) is 5.91 Å². The molecule has 0 saturated carbocycles. The van der Waals surface area contributed by atoms with Crippen LogP contribution < -0.4 is 5.32 Å². The number of nitrogens with zero attached hydrogens (tertiary/aromatic N) is 4. The fraction of sp³-hybridized carbons (Fsp3) is 0.316. The second-order valence-electron chi connectivity index (χ2n) is 6.39. The van der Waals surface area contributed by atoms with E-state index in [9.17, 15) is 9.18 Å². The summed E-state index contributed by atoms with van der Waals surface area (Å²) in [5.41, 5.74) is 3.03. The van der Waals surface area contributed by atoms with E-state index in [1.54, 1.807) is 27.8 Å². The maximum atomic E-state index is 13.4. The Morgan fingerprint density at radius 1 is 1.37 bits per heavy atom. The van der Waals surface area contributed by atoms with Gasteiger partial charge < -0.3 is 5.32 Å². The second-order valence-corrected chi connectivity index (χ2v) is 7.30. The van der Waals surface area contributed by atoms with Crippen LogP contribution in [-0.2, 0) is 11.3 Å². The van der Waals surface area contributed by atoms with Gasteiger partial charge in [0.05, 0.1) is 34.3 Å². The molecule has 8 heteroatoms. The largest absolute Gasteiger partial charge is 0.321 e. The molecule has 1 atom stereocenters. The molecule has 6 nitrogen and oxygen atoms in total. The van der Waals surface area contributed by atoms with E-state index in [0.29, 0.717) is 24.3 Å². The molecule has 1 amide bonds. The predicted molar refractivity (Wildman–Crippen MR) is 105 cm³/mol. The fourth-order valence-corrected chi connectivity index (χ4v) is 3.33. The average molecular weight is 434 g/mol. The molecule has 1 aromatic carbocycles. The lowest BCUT2D eigenvalue weighted by molar-refractivity contribution is -0.119. The van der Waals surface area contributed by atoms with Crippen molar-refractivity contribution in [2.45, 2.75) is 39.8 Å². The molecule has 0 bridgehead atoms. The number of benzene rings is 1. The molecule has 0 aliphatic carbocycles. The van der Waals surface area contributed by atoms with Crippen molar-refractivity contribution in [2.75, 3.05) is 5.32 Å². The van der Waals surface area contributed by atoms with E-state index in [-0.39, 0.29) is 11.7 Å². The summed E-state index contributed by atoms with van der Waals surface area (Å²) in [6.45, 7) is 6.10. The van der Waals surface area contributed by atoms with Crippen LogP contribution in [0, 0.1) is 19.7 Å². The van der Waals surface area contributed by atoms with E-state index in [1.165, 1.54) is 12.1 Å². The van der Waals surface area contributed by atoms with Gasteiger partial charge in [-0.2, -0.15) is 10.2 Å². The summed E-state index contributed by atoms with van der Waals surface area (Å²) in [5, 5.41) is 11.7. The third-order valence-electron chi connectivity index (χ3n) is 4.43. The van der Waals surface area contributed by atoms with E-state index >= 15 is 0 Å². The van der Waals surface area contributed by atoms with Crippen LogP contribution in [0.3, 0.4) is 0 Å². The van der Waals surface area contributed by atoms with E-state index < -0.39 is 6.04 Å². The molecule has 2 aromatic heterocycles. The lowest BCUT2D eigenvalue weighted by Gasteiger charge is -2.15. The van der Waals surface area contributed by atoms with Crippen LogP contribution in [0.1, 0.15) is 36.3 Å². The van der Waals surface area contributed by atoms with Gasteiger partial charge in [-0.15, -0.1) is 0 Å². The van der Waals surface area contributed by atoms with Crippen molar-refractivity contribution in [3.63, 3.8) is 0 Å². The van der Waals surface area contributed by atoms with Gasteiger partial charge in [0.15, 0.2) is 0 Å². The fourth-order valence-electron chi connectivity index (χ4n) is 3.02.